The molecule has 6 heteroatoms. The Morgan fingerprint density at radius 3 is 2.62 bits per heavy atom. The zero-order chi connectivity index (χ0) is 16.9. The van der Waals surface area contributed by atoms with Gasteiger partial charge in [0.25, 0.3) is 0 Å². The normalized spacial score (nSPS) is 20.2. The van der Waals surface area contributed by atoms with E-state index in [9.17, 15) is 9.18 Å². The maximum Gasteiger partial charge on any atom is 0.225 e. The maximum absolute atomic E-state index is 14.2. The first-order valence-electron chi connectivity index (χ1n) is 8.70. The van der Waals surface area contributed by atoms with Gasteiger partial charge >= 0.3 is 0 Å². The van der Waals surface area contributed by atoms with E-state index in [1.54, 1.807) is 18.2 Å². The molecule has 2 heterocycles. The summed E-state index contributed by atoms with van der Waals surface area (Å²) in [7, 11) is 0. The number of likely N-dealkylation sites (tertiary alicyclic amines) is 1. The Morgan fingerprint density at radius 2 is 1.96 bits per heavy atom. The summed E-state index contributed by atoms with van der Waals surface area (Å²) in [4.78, 5) is 14.5. The van der Waals surface area contributed by atoms with Crippen LogP contribution >= 0.6 is 0 Å². The lowest BCUT2D eigenvalue weighted by Gasteiger charge is -2.35. The number of halogens is 1. The number of aliphatic hydroxyl groups is 1. The van der Waals surface area contributed by atoms with Gasteiger partial charge in [0.1, 0.15) is 0 Å². The predicted octanol–water partition coefficient (Wildman–Crippen LogP) is 2.15. The van der Waals surface area contributed by atoms with Gasteiger partial charge in [0.2, 0.25) is 5.91 Å². The molecule has 5 nitrogen and oxygen atoms in total. The summed E-state index contributed by atoms with van der Waals surface area (Å²) >= 11 is 0. The van der Waals surface area contributed by atoms with E-state index in [0.717, 1.165) is 25.7 Å². The number of aliphatic hydroxyl groups excluding tert-OH is 1. The van der Waals surface area contributed by atoms with Crippen molar-refractivity contribution in [3.63, 3.8) is 0 Å². The minimum atomic E-state index is -0.388. The van der Waals surface area contributed by atoms with Gasteiger partial charge in [-0.3, -0.25) is 4.79 Å². The summed E-state index contributed by atoms with van der Waals surface area (Å²) < 4.78 is 19.5. The van der Waals surface area contributed by atoms with Crippen molar-refractivity contribution in [3.8, 4) is 0 Å². The van der Waals surface area contributed by atoms with E-state index in [4.69, 9.17) is 9.84 Å². The van der Waals surface area contributed by atoms with E-state index >= 15 is 0 Å². The summed E-state index contributed by atoms with van der Waals surface area (Å²) in [6.45, 7) is 2.45. The molecule has 2 fully saturated rings. The summed E-state index contributed by atoms with van der Waals surface area (Å²) in [5.41, 5.74) is 0.725. The van der Waals surface area contributed by atoms with Gasteiger partial charge < -0.3 is 20.1 Å². The second kappa shape index (κ2) is 7.94. The molecule has 2 N–H and O–H groups in total. The van der Waals surface area contributed by atoms with Gasteiger partial charge in [-0.2, -0.15) is 0 Å². The van der Waals surface area contributed by atoms with Gasteiger partial charge in [-0.15, -0.1) is 0 Å². The molecule has 0 bridgehead atoms. The molecule has 1 amide bonds. The minimum Gasteiger partial charge on any atom is -0.392 e. The van der Waals surface area contributed by atoms with Crippen molar-refractivity contribution < 1.29 is 19.0 Å². The van der Waals surface area contributed by atoms with Gasteiger partial charge in [-0.25, -0.2) is 4.39 Å². The molecular weight excluding hydrogens is 311 g/mol. The molecule has 0 unspecified atom stereocenters. The number of nitrogens with zero attached hydrogens (tertiary/aromatic N) is 1. The average molecular weight is 336 g/mol. The number of hydrogen-bond donors (Lipinski definition) is 2. The smallest absolute Gasteiger partial charge is 0.225 e. The first kappa shape index (κ1) is 17.2. The zero-order valence-corrected chi connectivity index (χ0v) is 13.8. The molecule has 0 atom stereocenters. The number of carbonyl (C=O) groups is 1. The van der Waals surface area contributed by atoms with Crippen LogP contribution in [0.1, 0.15) is 31.2 Å². The monoisotopic (exact) mass is 336 g/mol. The topological polar surface area (TPSA) is 61.8 Å². The van der Waals surface area contributed by atoms with Crippen LogP contribution in [0.25, 0.3) is 0 Å². The van der Waals surface area contributed by atoms with Gasteiger partial charge in [0.15, 0.2) is 5.82 Å². The maximum atomic E-state index is 14.2. The Bertz CT molecular complexity index is 567. The highest BCUT2D eigenvalue weighted by Gasteiger charge is 2.29. The number of nitrogens with one attached hydrogen (secondary N) is 1. The highest BCUT2D eigenvalue weighted by Crippen LogP contribution is 2.24. The fraction of sp³-hybridized carbons (Fsp3) is 0.611. The molecule has 0 aliphatic carbocycles. The SMILES string of the molecule is O=C(C1CCOCC1)N1CCC(Nc2cccc(CO)c2F)CC1. The molecule has 0 aromatic heterocycles. The fourth-order valence-electron chi connectivity index (χ4n) is 3.48. The highest BCUT2D eigenvalue weighted by atomic mass is 19.1. The van der Waals surface area contributed by atoms with Crippen molar-refractivity contribution in [1.82, 2.24) is 4.90 Å². The summed E-state index contributed by atoms with van der Waals surface area (Å²) in [6.07, 6.45) is 3.24. The lowest BCUT2D eigenvalue weighted by atomic mass is 9.96. The summed E-state index contributed by atoms with van der Waals surface area (Å²) in [5, 5.41) is 12.4. The largest absolute Gasteiger partial charge is 0.392 e. The van der Waals surface area contributed by atoms with E-state index in [1.807, 2.05) is 4.90 Å². The molecule has 0 saturated carbocycles. The van der Waals surface area contributed by atoms with Crippen molar-refractivity contribution in [2.45, 2.75) is 38.3 Å². The van der Waals surface area contributed by atoms with Crippen LogP contribution in [0.3, 0.4) is 0 Å². The molecule has 2 aliphatic rings. The van der Waals surface area contributed by atoms with Crippen LogP contribution in [0.4, 0.5) is 10.1 Å². The third-order valence-corrected chi connectivity index (χ3v) is 4.99. The minimum absolute atomic E-state index is 0.0990. The van der Waals surface area contributed by atoms with Crippen LogP contribution < -0.4 is 5.32 Å². The predicted molar refractivity (Wildman–Crippen MR) is 89.1 cm³/mol. The van der Waals surface area contributed by atoms with E-state index in [-0.39, 0.29) is 30.3 Å². The molecule has 0 spiro atoms. The average Bonchev–Trinajstić information content (AvgIpc) is 2.64. The third-order valence-electron chi connectivity index (χ3n) is 4.99. The molecule has 24 heavy (non-hydrogen) atoms. The van der Waals surface area contributed by atoms with E-state index in [2.05, 4.69) is 5.32 Å². The van der Waals surface area contributed by atoms with E-state index in [0.29, 0.717) is 37.6 Å². The molecule has 0 radical (unpaired) electrons. The Balaban J connectivity index is 1.53. The van der Waals surface area contributed by atoms with E-state index < -0.39 is 0 Å². The Morgan fingerprint density at radius 1 is 1.25 bits per heavy atom. The number of carbonyl (C=O) groups excluding carboxylic acids is 1. The summed E-state index contributed by atoms with van der Waals surface area (Å²) in [5.74, 6) is -0.0483. The zero-order valence-electron chi connectivity index (χ0n) is 13.8. The molecule has 2 saturated heterocycles. The van der Waals surface area contributed by atoms with Crippen LogP contribution in [0.5, 0.6) is 0 Å². The van der Waals surface area contributed by atoms with Crippen LogP contribution in [0.15, 0.2) is 18.2 Å². The lowest BCUT2D eigenvalue weighted by Crippen LogP contribution is -2.45. The van der Waals surface area contributed by atoms with Crippen LogP contribution in [0.2, 0.25) is 0 Å². The van der Waals surface area contributed by atoms with Crippen LogP contribution in [-0.2, 0) is 16.1 Å². The number of rotatable bonds is 4. The lowest BCUT2D eigenvalue weighted by molar-refractivity contribution is -0.139. The second-order valence-corrected chi connectivity index (χ2v) is 6.57. The number of benzene rings is 1. The number of piperidine rings is 1. The van der Waals surface area contributed by atoms with Crippen molar-refractivity contribution >= 4 is 11.6 Å². The first-order valence-corrected chi connectivity index (χ1v) is 8.70. The fourth-order valence-corrected chi connectivity index (χ4v) is 3.48. The molecule has 1 aromatic rings. The van der Waals surface area contributed by atoms with E-state index in [1.165, 1.54) is 0 Å². The molecule has 3 rings (SSSR count). The number of anilines is 1. The quantitative estimate of drug-likeness (QED) is 0.884. The third kappa shape index (κ3) is 3.87. The number of amides is 1. The molecule has 2 aliphatic heterocycles. The van der Waals surface area contributed by atoms with Gasteiger partial charge in [0.05, 0.1) is 12.3 Å². The molecular formula is C18H25FN2O3. The number of hydrogen-bond acceptors (Lipinski definition) is 4. The molecule has 1 aromatic carbocycles. The first-order chi connectivity index (χ1) is 11.7. The summed E-state index contributed by atoms with van der Waals surface area (Å²) in [6, 6.07) is 5.15. The van der Waals surface area contributed by atoms with Gasteiger partial charge in [-0.1, -0.05) is 12.1 Å². The van der Waals surface area contributed by atoms with Crippen molar-refractivity contribution in [1.29, 1.82) is 0 Å². The van der Waals surface area contributed by atoms with Crippen molar-refractivity contribution in [2.75, 3.05) is 31.6 Å². The second-order valence-electron chi connectivity index (χ2n) is 6.57. The van der Waals surface area contributed by atoms with Gasteiger partial charge in [-0.05, 0) is 31.7 Å². The Labute approximate surface area is 141 Å². The standard InChI is InChI=1S/C18H25FN2O3/c19-17-14(12-22)2-1-3-16(17)20-15-4-8-21(9-5-15)18(23)13-6-10-24-11-7-13/h1-3,13,15,20,22H,4-12H2. The van der Waals surface area contributed by atoms with Gasteiger partial charge in [0, 0.05) is 43.8 Å². The van der Waals surface area contributed by atoms with Crippen LogP contribution in [0, 0.1) is 11.7 Å². The Hall–Kier alpha value is -1.66. The Kier molecular flexibility index (Phi) is 5.68. The molecule has 132 valence electrons. The highest BCUT2D eigenvalue weighted by molar-refractivity contribution is 5.79. The van der Waals surface area contributed by atoms with Crippen LogP contribution in [-0.4, -0.2) is 48.3 Å². The van der Waals surface area contributed by atoms with Crippen molar-refractivity contribution in [3.05, 3.63) is 29.6 Å². The number of ether oxygens (including phenoxy) is 1. The van der Waals surface area contributed by atoms with Crippen molar-refractivity contribution in [2.24, 2.45) is 5.92 Å².